The largest absolute Gasteiger partial charge is 0.508 e. The van der Waals surface area contributed by atoms with Gasteiger partial charge in [-0.25, -0.2) is 14.4 Å². The number of urea groups is 1. The maximum atomic E-state index is 14.0. The van der Waals surface area contributed by atoms with Gasteiger partial charge in [0, 0.05) is 55.5 Å². The maximum absolute atomic E-state index is 14.0. The van der Waals surface area contributed by atoms with Crippen molar-refractivity contribution >= 4 is 46.5 Å². The Kier molecular flexibility index (Phi) is 15.1. The molecule has 23 heteroatoms. The highest BCUT2D eigenvalue weighted by Gasteiger charge is 2.42. The van der Waals surface area contributed by atoms with Crippen LogP contribution < -0.4 is 43.6 Å². The van der Waals surface area contributed by atoms with Gasteiger partial charge < -0.3 is 67.4 Å². The van der Waals surface area contributed by atoms with Crippen LogP contribution in [0.1, 0.15) is 31.2 Å². The number of phenols is 1. The van der Waals surface area contributed by atoms with Crippen molar-refractivity contribution in [2.24, 2.45) is 5.73 Å². The van der Waals surface area contributed by atoms with E-state index in [9.17, 15) is 58.8 Å². The predicted octanol–water partition coefficient (Wildman–Crippen LogP) is -2.67. The third-order valence-electron chi connectivity index (χ3n) is 10.3. The molecule has 2 aromatic heterocycles. The molecule has 4 aromatic rings. The lowest BCUT2D eigenvalue weighted by Crippen LogP contribution is -2.62. The third kappa shape index (κ3) is 11.5. The third-order valence-corrected chi connectivity index (χ3v) is 10.3. The smallest absolute Gasteiger partial charge is 0.331 e. The number of aromatic hydroxyl groups is 1. The number of ether oxygens (including phenoxy) is 1. The van der Waals surface area contributed by atoms with Crippen molar-refractivity contribution in [2.45, 2.75) is 75.3 Å². The maximum Gasteiger partial charge on any atom is 0.331 e. The number of aliphatic hydroxyl groups is 2. The summed E-state index contributed by atoms with van der Waals surface area (Å²) in [6, 6.07) is 5.88. The first kappa shape index (κ1) is 46.6. The summed E-state index contributed by atoms with van der Waals surface area (Å²) in [5.41, 5.74) is 5.71. The molecule has 5 rings (SSSR count). The minimum absolute atomic E-state index is 0.0443. The first-order chi connectivity index (χ1) is 29.9. The predicted molar refractivity (Wildman–Crippen MR) is 221 cm³/mol. The second kappa shape index (κ2) is 20.4. The zero-order valence-corrected chi connectivity index (χ0v) is 34.1. The summed E-state index contributed by atoms with van der Waals surface area (Å²) in [7, 11) is 1.29. The van der Waals surface area contributed by atoms with E-state index in [1.54, 1.807) is 30.5 Å². The van der Waals surface area contributed by atoms with E-state index in [0.29, 0.717) is 11.1 Å². The molecule has 0 spiro atoms. The van der Waals surface area contributed by atoms with Gasteiger partial charge in [0.1, 0.15) is 47.9 Å². The molecule has 0 bridgehead atoms. The highest BCUT2D eigenvalue weighted by molar-refractivity contribution is 5.94. The minimum atomic E-state index is -1.80. The number of benzene rings is 2. The van der Waals surface area contributed by atoms with Gasteiger partial charge in [0.2, 0.25) is 29.9 Å². The Hall–Kier alpha value is -7.50. The van der Waals surface area contributed by atoms with Gasteiger partial charge in [-0.3, -0.25) is 33.5 Å². The number of aromatic nitrogens is 3. The summed E-state index contributed by atoms with van der Waals surface area (Å²) in [5.74, 6) is -5.27. The van der Waals surface area contributed by atoms with E-state index >= 15 is 0 Å². The number of likely N-dealkylation sites (N-methyl/N-ethyl adjacent to an activating group) is 1. The molecule has 0 unspecified atom stereocenters. The molecule has 0 aliphatic carbocycles. The molecule has 23 nitrogen and oxygen atoms in total. The zero-order valence-electron chi connectivity index (χ0n) is 34.1. The SMILES string of the molecule is C[C@H](NC(=O)N[C@@H](Cc1c[nH]c2ccccc12)C(=O)O)C(=O)N[C@H](C(=O)N/C=C1\O[C@@H](n2ccc(=O)[nH]c2=O)[C@H](O)[C@@H]1O)[C@H](C)N(C)C(=O)[C@H](Cc1ccc(O)cc1)NC(=O)CN. The number of amides is 6. The van der Waals surface area contributed by atoms with E-state index in [0.717, 1.165) is 38.8 Å². The average Bonchev–Trinajstić information content (AvgIpc) is 3.79. The Morgan fingerprint density at radius 3 is 2.29 bits per heavy atom. The van der Waals surface area contributed by atoms with Gasteiger partial charge in [-0.1, -0.05) is 30.3 Å². The van der Waals surface area contributed by atoms with Crippen LogP contribution in [0.15, 0.2) is 88.5 Å². The van der Waals surface area contributed by atoms with E-state index in [-0.39, 0.29) is 18.6 Å². The number of nitrogens with one attached hydrogen (secondary N) is 7. The number of aromatic amines is 2. The van der Waals surface area contributed by atoms with E-state index in [4.69, 9.17) is 10.5 Å². The monoisotopic (exact) mass is 876 g/mol. The second-order valence-electron chi connectivity index (χ2n) is 14.7. The van der Waals surface area contributed by atoms with Crippen LogP contribution in [-0.2, 0) is 41.6 Å². The fourth-order valence-corrected chi connectivity index (χ4v) is 6.66. The molecule has 1 fully saturated rings. The van der Waals surface area contributed by atoms with Crippen LogP contribution in [0.25, 0.3) is 10.9 Å². The number of carboxylic acid groups (broad SMARTS) is 1. The lowest BCUT2D eigenvalue weighted by Gasteiger charge is -2.34. The summed E-state index contributed by atoms with van der Waals surface area (Å²) < 4.78 is 6.35. The van der Waals surface area contributed by atoms with E-state index in [1.165, 1.54) is 45.2 Å². The fourth-order valence-electron chi connectivity index (χ4n) is 6.66. The Bertz CT molecular complexity index is 2480. The fraction of sp³-hybridized carbons (Fsp3) is 0.350. The molecule has 1 saturated heterocycles. The molecule has 13 N–H and O–H groups in total. The van der Waals surface area contributed by atoms with Crippen molar-refractivity contribution in [3.8, 4) is 5.75 Å². The normalized spacial score (nSPS) is 18.8. The lowest BCUT2D eigenvalue weighted by atomic mass is 10.0. The van der Waals surface area contributed by atoms with Gasteiger partial charge in [-0.05, 0) is 43.2 Å². The topological polar surface area (TPSA) is 353 Å². The van der Waals surface area contributed by atoms with Crippen LogP contribution in [-0.4, -0.2) is 131 Å². The van der Waals surface area contributed by atoms with Crippen molar-refractivity contribution in [1.82, 2.24) is 46.0 Å². The number of H-pyrrole nitrogens is 2. The van der Waals surface area contributed by atoms with Crippen LogP contribution in [0, 0.1) is 0 Å². The summed E-state index contributed by atoms with van der Waals surface area (Å²) in [4.78, 5) is 109. The number of carboxylic acids is 1. The number of aliphatic carboxylic acids is 1. The number of nitrogens with zero attached hydrogens (tertiary/aromatic N) is 2. The molecule has 1 aliphatic heterocycles. The van der Waals surface area contributed by atoms with E-state index in [1.807, 2.05) is 4.98 Å². The Labute approximate surface area is 357 Å². The highest BCUT2D eigenvalue weighted by Crippen LogP contribution is 2.30. The number of carbonyl (C=O) groups excluding carboxylic acids is 5. The zero-order chi connectivity index (χ0) is 46.1. The molecule has 2 aromatic carbocycles. The summed E-state index contributed by atoms with van der Waals surface area (Å²) in [6.45, 7) is 2.16. The van der Waals surface area contributed by atoms with Gasteiger partial charge in [0.05, 0.1) is 12.6 Å². The summed E-state index contributed by atoms with van der Waals surface area (Å²) in [6.07, 6.45) is -1.80. The van der Waals surface area contributed by atoms with E-state index < -0.39 is 108 Å². The molecule has 0 radical (unpaired) electrons. The Balaban J connectivity index is 1.35. The number of nitrogens with two attached hydrogens (primary N) is 1. The lowest BCUT2D eigenvalue weighted by molar-refractivity contribution is -0.140. The summed E-state index contributed by atoms with van der Waals surface area (Å²) in [5, 5.41) is 53.8. The first-order valence-corrected chi connectivity index (χ1v) is 19.4. The van der Waals surface area contributed by atoms with Crippen LogP contribution in [0.2, 0.25) is 0 Å². The molecule has 1 aliphatic rings. The van der Waals surface area contributed by atoms with Crippen molar-refractivity contribution < 1.29 is 53.9 Å². The standard InChI is InChI=1S/C40H48N10O13/c1-19(44-39(61)46-27(38(59)60)15-22-17-42-25-7-5-4-6-24(22)25)34(56)48-31(20(2)49(3)36(58)26(45-30(53)16-41)14-21-8-10-23(51)11-9-21)35(57)43-18-28-32(54)33(55)37(63-28)50-13-12-29(52)47-40(50)62/h4-13,17-20,26-27,31-33,37,42,51,54-55H,14-16,41H2,1-3H3,(H,43,57)(H,45,53)(H,48,56)(H,59,60)(H2,44,46,61)(H,47,52,62)/b28-18-/t19-,20-,26-,27-,31-,32+,33+,37+/m0/s1. The number of hydrogen-bond donors (Lipinski definition) is 12. The van der Waals surface area contributed by atoms with E-state index in [2.05, 4.69) is 31.6 Å². The second-order valence-corrected chi connectivity index (χ2v) is 14.7. The Morgan fingerprint density at radius 2 is 1.62 bits per heavy atom. The number of phenolic OH excluding ortho intramolecular Hbond substituents is 1. The molecular formula is C40H48N10O13. The van der Waals surface area contributed by atoms with Crippen LogP contribution in [0.4, 0.5) is 4.79 Å². The van der Waals surface area contributed by atoms with Gasteiger partial charge in [-0.15, -0.1) is 0 Å². The number of aliphatic hydroxyl groups excluding tert-OH is 2. The van der Waals surface area contributed by atoms with Crippen molar-refractivity contribution in [3.63, 3.8) is 0 Å². The molecule has 8 atom stereocenters. The van der Waals surface area contributed by atoms with Crippen LogP contribution >= 0.6 is 0 Å². The molecule has 6 amide bonds. The highest BCUT2D eigenvalue weighted by atomic mass is 16.6. The average molecular weight is 877 g/mol. The van der Waals surface area contributed by atoms with Crippen LogP contribution in [0.5, 0.6) is 5.75 Å². The number of fused-ring (bicyclic) bond motifs is 1. The number of para-hydroxylation sites is 1. The van der Waals surface area contributed by atoms with Gasteiger partial charge in [0.15, 0.2) is 0 Å². The molecule has 63 heavy (non-hydrogen) atoms. The number of hydrogen-bond acceptors (Lipinski definition) is 13. The minimum Gasteiger partial charge on any atom is -0.508 e. The molecule has 336 valence electrons. The number of rotatable bonds is 17. The molecule has 0 saturated carbocycles. The Morgan fingerprint density at radius 1 is 0.921 bits per heavy atom. The molecule has 3 heterocycles. The first-order valence-electron chi connectivity index (χ1n) is 19.4. The quantitative estimate of drug-likeness (QED) is 0.0515. The van der Waals surface area contributed by atoms with Crippen molar-refractivity contribution in [1.29, 1.82) is 0 Å². The van der Waals surface area contributed by atoms with Gasteiger partial charge in [0.25, 0.3) is 5.56 Å². The van der Waals surface area contributed by atoms with Gasteiger partial charge in [-0.2, -0.15) is 0 Å². The summed E-state index contributed by atoms with van der Waals surface area (Å²) >= 11 is 0. The van der Waals surface area contributed by atoms with Gasteiger partial charge >= 0.3 is 17.7 Å². The van der Waals surface area contributed by atoms with Crippen molar-refractivity contribution in [3.05, 3.63) is 111 Å². The van der Waals surface area contributed by atoms with Crippen molar-refractivity contribution in [2.75, 3.05) is 13.6 Å². The molecular weight excluding hydrogens is 828 g/mol. The van der Waals surface area contributed by atoms with Crippen LogP contribution in [0.3, 0.4) is 0 Å². The number of carbonyl (C=O) groups is 6.